The van der Waals surface area contributed by atoms with Crippen molar-refractivity contribution in [2.75, 3.05) is 24.3 Å². The van der Waals surface area contributed by atoms with Crippen LogP contribution in [0, 0.1) is 0 Å². The van der Waals surface area contributed by atoms with E-state index in [-0.39, 0.29) is 35.5 Å². The van der Waals surface area contributed by atoms with E-state index in [0.717, 1.165) is 30.0 Å². The molecule has 0 unspecified atom stereocenters. The number of alkyl halides is 3. The van der Waals surface area contributed by atoms with Crippen LogP contribution in [0.4, 0.5) is 18.9 Å². The topological polar surface area (TPSA) is 107 Å². The first-order chi connectivity index (χ1) is 20.1. The maximum atomic E-state index is 13.1. The number of benzene rings is 3. The molecule has 0 bridgehead atoms. The number of nitrogens with zero attached hydrogens (tertiary/aromatic N) is 3. The number of hydrogen-bond donors (Lipinski definition) is 2. The highest BCUT2D eigenvalue weighted by molar-refractivity contribution is 7.99. The molecule has 42 heavy (non-hydrogen) atoms. The predicted octanol–water partition coefficient (Wildman–Crippen LogP) is 5.76. The first-order valence-electron chi connectivity index (χ1n) is 12.6. The Kier molecular flexibility index (Phi) is 10.3. The molecular weight excluding hydrogens is 595 g/mol. The molecule has 2 amide bonds. The fourth-order valence-electron chi connectivity index (χ4n) is 3.63. The van der Waals surface area contributed by atoms with Crippen molar-refractivity contribution in [2.45, 2.75) is 24.8 Å². The lowest BCUT2D eigenvalue weighted by molar-refractivity contribution is -0.137. The zero-order valence-corrected chi connectivity index (χ0v) is 23.7. The lowest BCUT2D eigenvalue weighted by Gasteiger charge is -2.13. The third-order valence-electron chi connectivity index (χ3n) is 5.56. The molecule has 1 heterocycles. The van der Waals surface area contributed by atoms with Gasteiger partial charge in [-0.2, -0.15) is 13.2 Å². The van der Waals surface area contributed by atoms with E-state index in [1.807, 2.05) is 13.0 Å². The van der Waals surface area contributed by atoms with Gasteiger partial charge in [0.1, 0.15) is 11.5 Å². The number of anilines is 1. The molecule has 0 aliphatic heterocycles. The monoisotopic (exact) mass is 619 g/mol. The fraction of sp³-hybridized carbons (Fsp3) is 0.214. The van der Waals surface area contributed by atoms with Gasteiger partial charge in [0.2, 0.25) is 5.91 Å². The maximum Gasteiger partial charge on any atom is 0.416 e. The average molecular weight is 620 g/mol. The van der Waals surface area contributed by atoms with Gasteiger partial charge in [0.15, 0.2) is 17.6 Å². The number of carbonyl (C=O) groups excluding carboxylic acids is 2. The van der Waals surface area contributed by atoms with E-state index < -0.39 is 17.6 Å². The summed E-state index contributed by atoms with van der Waals surface area (Å²) in [5, 5.41) is 13.8. The number of carbonyl (C=O) groups is 2. The lowest BCUT2D eigenvalue weighted by Crippen LogP contribution is -2.29. The summed E-state index contributed by atoms with van der Waals surface area (Å²) >= 11 is 7.01. The first kappa shape index (κ1) is 30.7. The van der Waals surface area contributed by atoms with Crippen LogP contribution in [0.15, 0.2) is 78.0 Å². The number of halogens is 4. The lowest BCUT2D eigenvalue weighted by atomic mass is 10.2. The van der Waals surface area contributed by atoms with Crippen LogP contribution in [-0.4, -0.2) is 45.5 Å². The number of amides is 2. The zero-order valence-electron chi connectivity index (χ0n) is 22.2. The van der Waals surface area contributed by atoms with Crippen molar-refractivity contribution in [1.82, 2.24) is 20.1 Å². The van der Waals surface area contributed by atoms with E-state index in [1.165, 1.54) is 0 Å². The second-order valence-corrected chi connectivity index (χ2v) is 9.92. The van der Waals surface area contributed by atoms with Gasteiger partial charge in [-0.05, 0) is 61.5 Å². The minimum atomic E-state index is -4.59. The number of hydrogen-bond acceptors (Lipinski definition) is 7. The Morgan fingerprint density at radius 1 is 0.952 bits per heavy atom. The Morgan fingerprint density at radius 3 is 2.36 bits per heavy atom. The molecule has 0 atom stereocenters. The molecule has 14 heteroatoms. The van der Waals surface area contributed by atoms with Gasteiger partial charge < -0.3 is 20.1 Å². The predicted molar refractivity (Wildman–Crippen MR) is 152 cm³/mol. The summed E-state index contributed by atoms with van der Waals surface area (Å²) in [6, 6.07) is 18.6. The van der Waals surface area contributed by atoms with Gasteiger partial charge in [0.05, 0.1) is 35.2 Å². The van der Waals surface area contributed by atoms with Crippen LogP contribution in [-0.2, 0) is 22.3 Å². The molecule has 2 N–H and O–H groups in total. The van der Waals surface area contributed by atoms with Crippen LogP contribution >= 0.6 is 23.4 Å². The summed E-state index contributed by atoms with van der Waals surface area (Å²) in [4.78, 5) is 25.1. The van der Waals surface area contributed by atoms with Crippen molar-refractivity contribution in [3.63, 3.8) is 0 Å². The van der Waals surface area contributed by atoms with Crippen LogP contribution in [0.25, 0.3) is 5.69 Å². The van der Waals surface area contributed by atoms with Gasteiger partial charge >= 0.3 is 6.18 Å². The minimum absolute atomic E-state index is 0.00376. The Balaban J connectivity index is 1.47. The molecule has 0 spiro atoms. The Bertz CT molecular complexity index is 1520. The largest absolute Gasteiger partial charge is 0.494 e. The summed E-state index contributed by atoms with van der Waals surface area (Å²) in [7, 11) is 0. The van der Waals surface area contributed by atoms with Gasteiger partial charge in [0, 0.05) is 5.69 Å². The van der Waals surface area contributed by atoms with Crippen molar-refractivity contribution < 1.29 is 32.2 Å². The molecule has 0 radical (unpaired) electrons. The van der Waals surface area contributed by atoms with Gasteiger partial charge in [-0.3, -0.25) is 14.2 Å². The molecule has 0 fully saturated rings. The van der Waals surface area contributed by atoms with E-state index in [2.05, 4.69) is 20.8 Å². The van der Waals surface area contributed by atoms with Crippen LogP contribution in [0.2, 0.25) is 5.02 Å². The number of para-hydroxylation sites is 1. The van der Waals surface area contributed by atoms with Gasteiger partial charge in [0.25, 0.3) is 5.91 Å². The molecule has 0 aliphatic carbocycles. The summed E-state index contributed by atoms with van der Waals surface area (Å²) in [6.45, 7) is 2.15. The van der Waals surface area contributed by atoms with Crippen LogP contribution in [0.1, 0.15) is 18.3 Å². The fourth-order valence-corrected chi connectivity index (χ4v) is 4.57. The van der Waals surface area contributed by atoms with E-state index in [1.54, 1.807) is 53.1 Å². The molecule has 0 saturated heterocycles. The second-order valence-electron chi connectivity index (χ2n) is 8.57. The summed E-state index contributed by atoms with van der Waals surface area (Å²) < 4.78 is 51.9. The first-order valence-corrected chi connectivity index (χ1v) is 13.9. The maximum absolute atomic E-state index is 13.1. The Morgan fingerprint density at radius 2 is 1.67 bits per heavy atom. The highest BCUT2D eigenvalue weighted by Gasteiger charge is 2.31. The SMILES string of the molecule is CCOc1ccc(-n2c(CNC(=O)COc3ccccc3)nnc2SCC(=O)Nc2cc(C(F)(F)F)ccc2Cl)cc1. The van der Waals surface area contributed by atoms with Crippen molar-refractivity contribution in [3.8, 4) is 17.2 Å². The third-order valence-corrected chi connectivity index (χ3v) is 6.82. The number of ether oxygens (including phenoxy) is 2. The highest BCUT2D eigenvalue weighted by Crippen LogP contribution is 2.34. The van der Waals surface area contributed by atoms with E-state index in [9.17, 15) is 22.8 Å². The molecule has 4 rings (SSSR count). The van der Waals surface area contributed by atoms with Gasteiger partial charge in [-0.15, -0.1) is 10.2 Å². The molecule has 4 aromatic rings. The molecular formula is C28H25ClF3N5O4S. The van der Waals surface area contributed by atoms with Gasteiger partial charge in [-0.25, -0.2) is 0 Å². The van der Waals surface area contributed by atoms with Crippen molar-refractivity contribution in [1.29, 1.82) is 0 Å². The number of nitrogens with one attached hydrogen (secondary N) is 2. The van der Waals surface area contributed by atoms with Crippen molar-refractivity contribution in [2.24, 2.45) is 0 Å². The molecule has 0 aliphatic rings. The Hall–Kier alpha value is -4.23. The normalized spacial score (nSPS) is 11.2. The van der Waals surface area contributed by atoms with Gasteiger partial charge in [-0.1, -0.05) is 41.6 Å². The molecule has 3 aromatic carbocycles. The van der Waals surface area contributed by atoms with Crippen molar-refractivity contribution >= 4 is 40.9 Å². The number of thioether (sulfide) groups is 1. The van der Waals surface area contributed by atoms with E-state index in [0.29, 0.717) is 34.8 Å². The molecule has 9 nitrogen and oxygen atoms in total. The summed E-state index contributed by atoms with van der Waals surface area (Å²) in [5.74, 6) is 0.374. The van der Waals surface area contributed by atoms with Crippen LogP contribution < -0.4 is 20.1 Å². The summed E-state index contributed by atoms with van der Waals surface area (Å²) in [5.41, 5.74) is -0.464. The molecule has 0 saturated carbocycles. The standard InChI is InChI=1S/C28H25ClF3N5O4S/c1-2-40-21-11-9-19(10-12-21)37-24(15-33-25(38)16-41-20-6-4-3-5-7-20)35-36-27(37)42-17-26(39)34-23-14-18(28(30,31)32)8-13-22(23)29/h3-14H,2,15-17H2,1H3,(H,33,38)(H,34,39). The number of rotatable bonds is 12. The third kappa shape index (κ3) is 8.40. The quantitative estimate of drug-likeness (QED) is 0.194. The number of aromatic nitrogens is 3. The smallest absolute Gasteiger partial charge is 0.416 e. The second kappa shape index (κ2) is 14.1. The van der Waals surface area contributed by atoms with Crippen LogP contribution in [0.5, 0.6) is 11.5 Å². The zero-order chi connectivity index (χ0) is 30.1. The van der Waals surface area contributed by atoms with Crippen molar-refractivity contribution in [3.05, 3.63) is 89.2 Å². The summed E-state index contributed by atoms with van der Waals surface area (Å²) in [6.07, 6.45) is -4.59. The van der Waals surface area contributed by atoms with E-state index in [4.69, 9.17) is 21.1 Å². The molecule has 220 valence electrons. The Labute approximate surface area is 248 Å². The van der Waals surface area contributed by atoms with E-state index >= 15 is 0 Å². The molecule has 1 aromatic heterocycles. The minimum Gasteiger partial charge on any atom is -0.494 e. The average Bonchev–Trinajstić information content (AvgIpc) is 3.38. The van der Waals surface area contributed by atoms with Crippen LogP contribution in [0.3, 0.4) is 0 Å². The highest BCUT2D eigenvalue weighted by atomic mass is 35.5.